The molecule has 1 aliphatic heterocycles. The number of halogens is 2. The molecule has 0 atom stereocenters. The molecule has 8 heteroatoms. The average molecular weight is 410 g/mol. The molecule has 1 aliphatic rings. The van der Waals surface area contributed by atoms with E-state index >= 15 is 0 Å². The molecular weight excluding hydrogens is 401 g/mol. The number of carbonyl (C=O) groups is 2. The quantitative estimate of drug-likeness (QED) is 0.564. The van der Waals surface area contributed by atoms with Crippen molar-refractivity contribution in [2.24, 2.45) is 0 Å². The fourth-order valence-electron chi connectivity index (χ4n) is 2.24. The smallest absolute Gasteiger partial charge is 0.335 e. The highest BCUT2D eigenvalue weighted by Crippen LogP contribution is 2.37. The monoisotopic (exact) mass is 409 g/mol. The number of carbonyl (C=O) groups excluding carboxylic acids is 1. The van der Waals surface area contributed by atoms with Crippen molar-refractivity contribution in [3.05, 3.63) is 68.5 Å². The molecule has 1 fully saturated rings. The van der Waals surface area contributed by atoms with Crippen molar-refractivity contribution in [3.8, 4) is 0 Å². The molecule has 0 bridgehead atoms. The van der Waals surface area contributed by atoms with Crippen molar-refractivity contribution in [2.45, 2.75) is 0 Å². The van der Waals surface area contributed by atoms with Gasteiger partial charge in [0.25, 0.3) is 5.91 Å². The van der Waals surface area contributed by atoms with Crippen LogP contribution in [0.2, 0.25) is 10.0 Å². The Kier molecular flexibility index (Phi) is 5.15. The molecule has 0 aromatic heterocycles. The summed E-state index contributed by atoms with van der Waals surface area (Å²) in [5.74, 6) is -1.41. The van der Waals surface area contributed by atoms with Crippen LogP contribution >= 0.6 is 47.2 Å². The summed E-state index contributed by atoms with van der Waals surface area (Å²) in [5.41, 5.74) is 1.09. The number of thioether (sulfide) groups is 1. The second kappa shape index (κ2) is 7.17. The number of amides is 1. The van der Waals surface area contributed by atoms with Crippen molar-refractivity contribution in [1.29, 1.82) is 0 Å². The van der Waals surface area contributed by atoms with Crippen LogP contribution in [0, 0.1) is 0 Å². The van der Waals surface area contributed by atoms with Crippen LogP contribution in [0.15, 0.2) is 47.4 Å². The van der Waals surface area contributed by atoms with Gasteiger partial charge in [-0.05, 0) is 35.9 Å². The van der Waals surface area contributed by atoms with Gasteiger partial charge in [0, 0.05) is 0 Å². The molecule has 0 spiro atoms. The normalized spacial score (nSPS) is 15.9. The van der Waals surface area contributed by atoms with E-state index in [4.69, 9.17) is 40.5 Å². The van der Waals surface area contributed by atoms with Gasteiger partial charge in [0.15, 0.2) is 4.32 Å². The summed E-state index contributed by atoms with van der Waals surface area (Å²) < 4.78 is 0.317. The van der Waals surface area contributed by atoms with E-state index in [1.54, 1.807) is 36.4 Å². The van der Waals surface area contributed by atoms with E-state index in [0.717, 1.165) is 11.8 Å². The van der Waals surface area contributed by atoms with Gasteiger partial charge in [0.1, 0.15) is 0 Å². The summed E-state index contributed by atoms with van der Waals surface area (Å²) in [6.45, 7) is 0. The average Bonchev–Trinajstić information content (AvgIpc) is 2.86. The summed E-state index contributed by atoms with van der Waals surface area (Å²) in [7, 11) is 0. The van der Waals surface area contributed by atoms with Crippen LogP contribution in [-0.4, -0.2) is 21.3 Å². The first-order valence-electron chi connectivity index (χ1n) is 6.94. The molecule has 1 N–H and O–H groups in total. The Morgan fingerprint density at radius 2 is 1.92 bits per heavy atom. The lowest BCUT2D eigenvalue weighted by molar-refractivity contribution is -0.113. The zero-order valence-corrected chi connectivity index (χ0v) is 15.5. The Morgan fingerprint density at radius 1 is 1.20 bits per heavy atom. The number of rotatable bonds is 3. The molecule has 1 heterocycles. The van der Waals surface area contributed by atoms with E-state index in [2.05, 4.69) is 0 Å². The maximum Gasteiger partial charge on any atom is 0.335 e. The van der Waals surface area contributed by atoms with Gasteiger partial charge in [-0.3, -0.25) is 9.69 Å². The second-order valence-corrected chi connectivity index (χ2v) is 7.48. The van der Waals surface area contributed by atoms with Crippen molar-refractivity contribution >= 4 is 75.1 Å². The molecule has 0 aliphatic carbocycles. The molecule has 3 rings (SSSR count). The summed E-state index contributed by atoms with van der Waals surface area (Å²) in [6.07, 6.45) is 1.62. The highest BCUT2D eigenvalue weighted by atomic mass is 35.5. The number of benzene rings is 2. The molecule has 2 aromatic carbocycles. The number of carboxylic acids is 1. The van der Waals surface area contributed by atoms with Crippen LogP contribution in [0.5, 0.6) is 0 Å². The van der Waals surface area contributed by atoms with E-state index in [0.29, 0.717) is 30.5 Å². The number of anilines is 1. The van der Waals surface area contributed by atoms with Gasteiger partial charge in [-0.1, -0.05) is 65.4 Å². The fraction of sp³-hybridized carbons (Fsp3) is 0. The maximum absolute atomic E-state index is 12.7. The lowest BCUT2D eigenvalue weighted by Gasteiger charge is -2.14. The van der Waals surface area contributed by atoms with E-state index in [1.807, 2.05) is 0 Å². The van der Waals surface area contributed by atoms with Crippen LogP contribution in [0.25, 0.3) is 6.08 Å². The highest BCUT2D eigenvalue weighted by Gasteiger charge is 2.33. The molecule has 126 valence electrons. The molecule has 0 radical (unpaired) electrons. The Labute approximate surface area is 163 Å². The fourth-order valence-corrected chi connectivity index (χ4v) is 3.89. The molecule has 1 amide bonds. The Morgan fingerprint density at radius 3 is 2.64 bits per heavy atom. The third-order valence-corrected chi connectivity index (χ3v) is 5.55. The van der Waals surface area contributed by atoms with Crippen LogP contribution in [-0.2, 0) is 4.79 Å². The van der Waals surface area contributed by atoms with Gasteiger partial charge < -0.3 is 5.11 Å². The zero-order valence-electron chi connectivity index (χ0n) is 12.4. The van der Waals surface area contributed by atoms with E-state index in [9.17, 15) is 9.59 Å². The third kappa shape index (κ3) is 3.57. The van der Waals surface area contributed by atoms with Gasteiger partial charge in [0.05, 0.1) is 26.2 Å². The Balaban J connectivity index is 1.98. The first-order valence-corrected chi connectivity index (χ1v) is 8.92. The van der Waals surface area contributed by atoms with Crippen LogP contribution in [0.1, 0.15) is 15.9 Å². The van der Waals surface area contributed by atoms with E-state index < -0.39 is 5.97 Å². The van der Waals surface area contributed by atoms with Crippen molar-refractivity contribution < 1.29 is 14.7 Å². The summed E-state index contributed by atoms with van der Waals surface area (Å²) in [4.78, 5) is 25.5. The number of hydrogen-bond acceptors (Lipinski definition) is 4. The van der Waals surface area contributed by atoms with Gasteiger partial charge >= 0.3 is 5.97 Å². The number of aromatic carboxylic acids is 1. The van der Waals surface area contributed by atoms with Gasteiger partial charge in [-0.2, -0.15) is 0 Å². The predicted molar refractivity (Wildman–Crippen MR) is 106 cm³/mol. The van der Waals surface area contributed by atoms with Crippen LogP contribution in [0.3, 0.4) is 0 Å². The summed E-state index contributed by atoms with van der Waals surface area (Å²) >= 11 is 18.5. The second-order valence-electron chi connectivity index (χ2n) is 5.02. The number of thiocarbonyl (C=S) groups is 1. The minimum atomic E-state index is -1.08. The van der Waals surface area contributed by atoms with Gasteiger partial charge in [0.2, 0.25) is 0 Å². The minimum absolute atomic E-state index is 0.0772. The zero-order chi connectivity index (χ0) is 18.1. The first kappa shape index (κ1) is 17.9. The van der Waals surface area contributed by atoms with Crippen LogP contribution < -0.4 is 4.90 Å². The summed E-state index contributed by atoms with van der Waals surface area (Å²) in [5, 5.41) is 9.85. The van der Waals surface area contributed by atoms with Crippen molar-refractivity contribution in [2.75, 3.05) is 4.90 Å². The molecule has 1 saturated heterocycles. The first-order chi connectivity index (χ1) is 11.9. The highest BCUT2D eigenvalue weighted by molar-refractivity contribution is 8.27. The summed E-state index contributed by atoms with van der Waals surface area (Å²) in [6, 6.07) is 11.2. The largest absolute Gasteiger partial charge is 0.478 e. The lowest BCUT2D eigenvalue weighted by atomic mass is 10.2. The topological polar surface area (TPSA) is 57.6 Å². The lowest BCUT2D eigenvalue weighted by Crippen LogP contribution is -2.27. The van der Waals surface area contributed by atoms with Gasteiger partial charge in [-0.15, -0.1) is 0 Å². The minimum Gasteiger partial charge on any atom is -0.478 e. The molecule has 2 aromatic rings. The van der Waals surface area contributed by atoms with E-state index in [1.165, 1.54) is 17.0 Å². The van der Waals surface area contributed by atoms with E-state index in [-0.39, 0.29) is 11.5 Å². The number of carboxylic acid groups (broad SMARTS) is 1. The molecule has 0 saturated carbocycles. The molecule has 25 heavy (non-hydrogen) atoms. The van der Waals surface area contributed by atoms with Crippen molar-refractivity contribution in [1.82, 2.24) is 0 Å². The molecular formula is C17H9Cl2NO3S2. The molecule has 4 nitrogen and oxygen atoms in total. The third-order valence-electron chi connectivity index (χ3n) is 3.41. The Hall–Kier alpha value is -1.86. The maximum atomic E-state index is 12.7. The number of nitrogens with zero attached hydrogens (tertiary/aromatic N) is 1. The van der Waals surface area contributed by atoms with Crippen molar-refractivity contribution in [3.63, 3.8) is 0 Å². The van der Waals surface area contributed by atoms with Crippen LogP contribution in [0.4, 0.5) is 5.69 Å². The Bertz CT molecular complexity index is 943. The SMILES string of the molecule is O=C(O)c1cccc(N2C(=O)C(=Cc3cccc(Cl)c3Cl)SC2=S)c1. The molecule has 0 unspecified atom stereocenters. The number of hydrogen-bond donors (Lipinski definition) is 1. The van der Waals surface area contributed by atoms with Gasteiger partial charge in [-0.25, -0.2) is 4.79 Å². The standard InChI is InChI=1S/C17H9Cl2NO3S2/c18-12-6-2-3-9(14(12)19)8-13-15(21)20(17(24)25-13)11-5-1-4-10(7-11)16(22)23/h1-8H,(H,22,23). The predicted octanol–water partition coefficient (Wildman–Crippen LogP) is 5.10.